The number of guanidine groups is 1. The van der Waals surface area contributed by atoms with Gasteiger partial charge in [0.05, 0.1) is 5.69 Å². The minimum Gasteiger partial charge on any atom is -0.367 e. The summed E-state index contributed by atoms with van der Waals surface area (Å²) in [6.07, 6.45) is 5.10. The Morgan fingerprint density at radius 3 is 2.52 bits per heavy atom. The van der Waals surface area contributed by atoms with E-state index in [-0.39, 0.29) is 29.8 Å². The third-order valence-electron chi connectivity index (χ3n) is 7.09. The standard InChI is InChI=1S/C25H41FN6.HI/c1-2-27-25(32-15-10-22(21-32)20-30-12-5-6-13-30)28-11-7-14-29-16-18-31(19-17-29)24-9-4-3-8-23(24)26;/h3-4,8-9,22H,2,5-7,10-21H2,1H3,(H,27,28);1H. The molecule has 33 heavy (non-hydrogen) atoms. The summed E-state index contributed by atoms with van der Waals surface area (Å²) in [6, 6.07) is 7.11. The van der Waals surface area contributed by atoms with E-state index in [0.29, 0.717) is 0 Å². The maximum Gasteiger partial charge on any atom is 0.193 e. The van der Waals surface area contributed by atoms with E-state index in [9.17, 15) is 4.39 Å². The molecule has 0 aliphatic carbocycles. The van der Waals surface area contributed by atoms with Crippen LogP contribution in [0, 0.1) is 11.7 Å². The van der Waals surface area contributed by atoms with Crippen LogP contribution in [-0.2, 0) is 0 Å². The number of anilines is 1. The van der Waals surface area contributed by atoms with Crippen LogP contribution in [-0.4, -0.2) is 99.2 Å². The predicted octanol–water partition coefficient (Wildman–Crippen LogP) is 3.34. The van der Waals surface area contributed by atoms with Gasteiger partial charge in [0.15, 0.2) is 5.96 Å². The number of para-hydroxylation sites is 1. The summed E-state index contributed by atoms with van der Waals surface area (Å²) < 4.78 is 14.0. The van der Waals surface area contributed by atoms with E-state index in [2.05, 4.69) is 31.8 Å². The van der Waals surface area contributed by atoms with Crippen molar-refractivity contribution in [2.75, 3.05) is 83.4 Å². The van der Waals surface area contributed by atoms with Gasteiger partial charge in [0.2, 0.25) is 0 Å². The fourth-order valence-corrected chi connectivity index (χ4v) is 5.33. The number of rotatable bonds is 8. The van der Waals surface area contributed by atoms with Crippen LogP contribution in [0.4, 0.5) is 10.1 Å². The van der Waals surface area contributed by atoms with Gasteiger partial charge in [-0.05, 0) is 63.7 Å². The predicted molar refractivity (Wildman–Crippen MR) is 146 cm³/mol. The van der Waals surface area contributed by atoms with Gasteiger partial charge in [-0.3, -0.25) is 9.89 Å². The molecule has 186 valence electrons. The SMILES string of the molecule is CCNC(=NCCCN1CCN(c2ccccc2F)CC1)N1CCC(CN2CCCC2)C1.I. The van der Waals surface area contributed by atoms with E-state index in [1.54, 1.807) is 12.1 Å². The summed E-state index contributed by atoms with van der Waals surface area (Å²) in [4.78, 5) is 14.7. The Morgan fingerprint density at radius 2 is 1.79 bits per heavy atom. The van der Waals surface area contributed by atoms with E-state index < -0.39 is 0 Å². The number of piperazine rings is 1. The Labute approximate surface area is 216 Å². The van der Waals surface area contributed by atoms with Crippen molar-refractivity contribution in [3.05, 3.63) is 30.1 Å². The van der Waals surface area contributed by atoms with Crippen LogP contribution < -0.4 is 10.2 Å². The van der Waals surface area contributed by atoms with Crippen molar-refractivity contribution >= 4 is 35.6 Å². The number of hydrogen-bond donors (Lipinski definition) is 1. The molecule has 1 aromatic carbocycles. The molecular weight excluding hydrogens is 530 g/mol. The van der Waals surface area contributed by atoms with Crippen LogP contribution in [0.25, 0.3) is 0 Å². The molecule has 0 amide bonds. The van der Waals surface area contributed by atoms with E-state index >= 15 is 0 Å². The number of benzene rings is 1. The van der Waals surface area contributed by atoms with Gasteiger partial charge in [-0.1, -0.05) is 12.1 Å². The third kappa shape index (κ3) is 7.68. The maximum absolute atomic E-state index is 14.0. The zero-order valence-electron chi connectivity index (χ0n) is 20.2. The second-order valence-corrected chi connectivity index (χ2v) is 9.48. The lowest BCUT2D eigenvalue weighted by Crippen LogP contribution is -2.47. The lowest BCUT2D eigenvalue weighted by atomic mass is 10.1. The average molecular weight is 573 g/mol. The molecular formula is C25H42FIN6. The van der Waals surface area contributed by atoms with E-state index in [1.165, 1.54) is 38.9 Å². The molecule has 1 N–H and O–H groups in total. The van der Waals surface area contributed by atoms with E-state index in [0.717, 1.165) is 82.9 Å². The first-order chi connectivity index (χ1) is 15.7. The lowest BCUT2D eigenvalue weighted by molar-refractivity contribution is 0.255. The number of halogens is 2. The van der Waals surface area contributed by atoms with Crippen molar-refractivity contribution in [2.24, 2.45) is 10.9 Å². The average Bonchev–Trinajstić information content (AvgIpc) is 3.49. The summed E-state index contributed by atoms with van der Waals surface area (Å²) in [5.41, 5.74) is 0.737. The highest BCUT2D eigenvalue weighted by Crippen LogP contribution is 2.21. The monoisotopic (exact) mass is 572 g/mol. The van der Waals surface area contributed by atoms with E-state index in [1.807, 2.05) is 12.1 Å². The highest BCUT2D eigenvalue weighted by atomic mass is 127. The van der Waals surface area contributed by atoms with Crippen LogP contribution in [0.3, 0.4) is 0 Å². The van der Waals surface area contributed by atoms with Gasteiger partial charge in [0.1, 0.15) is 5.82 Å². The molecule has 0 saturated carbocycles. The topological polar surface area (TPSA) is 37.4 Å². The second kappa shape index (κ2) is 13.7. The molecule has 3 heterocycles. The van der Waals surface area contributed by atoms with Crippen LogP contribution in [0.5, 0.6) is 0 Å². The first kappa shape index (κ1) is 26.5. The summed E-state index contributed by atoms with van der Waals surface area (Å²) >= 11 is 0. The summed E-state index contributed by atoms with van der Waals surface area (Å²) in [5.74, 6) is 1.76. The summed E-state index contributed by atoms with van der Waals surface area (Å²) in [6.45, 7) is 14.9. The number of nitrogens with one attached hydrogen (secondary N) is 1. The van der Waals surface area contributed by atoms with Crippen LogP contribution >= 0.6 is 24.0 Å². The minimum atomic E-state index is -0.115. The lowest BCUT2D eigenvalue weighted by Gasteiger charge is -2.36. The molecule has 0 spiro atoms. The second-order valence-electron chi connectivity index (χ2n) is 9.48. The fraction of sp³-hybridized carbons (Fsp3) is 0.720. The van der Waals surface area contributed by atoms with Gasteiger partial charge < -0.3 is 20.0 Å². The van der Waals surface area contributed by atoms with Crippen molar-refractivity contribution in [3.8, 4) is 0 Å². The number of aliphatic imine (C=N–C) groups is 1. The Hall–Kier alpha value is -1.13. The van der Waals surface area contributed by atoms with Crippen molar-refractivity contribution in [1.82, 2.24) is 20.0 Å². The van der Waals surface area contributed by atoms with Crippen LogP contribution in [0.15, 0.2) is 29.3 Å². The van der Waals surface area contributed by atoms with Gasteiger partial charge >= 0.3 is 0 Å². The summed E-state index contributed by atoms with van der Waals surface area (Å²) in [5, 5.41) is 3.51. The van der Waals surface area contributed by atoms with Gasteiger partial charge in [-0.15, -0.1) is 24.0 Å². The Bertz CT molecular complexity index is 733. The Balaban J connectivity index is 0.00000306. The first-order valence-electron chi connectivity index (χ1n) is 12.7. The van der Waals surface area contributed by atoms with Crippen molar-refractivity contribution in [1.29, 1.82) is 0 Å². The molecule has 0 aromatic heterocycles. The molecule has 0 radical (unpaired) electrons. The quantitative estimate of drug-likeness (QED) is 0.224. The highest BCUT2D eigenvalue weighted by Gasteiger charge is 2.27. The first-order valence-corrected chi connectivity index (χ1v) is 12.7. The van der Waals surface area contributed by atoms with Crippen molar-refractivity contribution in [3.63, 3.8) is 0 Å². The molecule has 0 bridgehead atoms. The minimum absolute atomic E-state index is 0. The van der Waals surface area contributed by atoms with Gasteiger partial charge in [-0.2, -0.15) is 0 Å². The fourth-order valence-electron chi connectivity index (χ4n) is 5.33. The molecule has 6 nitrogen and oxygen atoms in total. The Morgan fingerprint density at radius 1 is 1.03 bits per heavy atom. The zero-order valence-corrected chi connectivity index (χ0v) is 22.6. The van der Waals surface area contributed by atoms with Crippen LogP contribution in [0.1, 0.15) is 32.6 Å². The van der Waals surface area contributed by atoms with Crippen molar-refractivity contribution < 1.29 is 4.39 Å². The third-order valence-corrected chi connectivity index (χ3v) is 7.09. The highest BCUT2D eigenvalue weighted by molar-refractivity contribution is 14.0. The Kier molecular flexibility index (Phi) is 11.0. The summed E-state index contributed by atoms with van der Waals surface area (Å²) in [7, 11) is 0. The molecule has 3 saturated heterocycles. The smallest absolute Gasteiger partial charge is 0.193 e. The van der Waals surface area contributed by atoms with Gasteiger partial charge in [0.25, 0.3) is 0 Å². The molecule has 8 heteroatoms. The number of likely N-dealkylation sites (tertiary alicyclic amines) is 2. The largest absolute Gasteiger partial charge is 0.367 e. The molecule has 3 aliphatic heterocycles. The van der Waals surface area contributed by atoms with Gasteiger partial charge in [-0.25, -0.2) is 4.39 Å². The van der Waals surface area contributed by atoms with Crippen LogP contribution in [0.2, 0.25) is 0 Å². The van der Waals surface area contributed by atoms with Gasteiger partial charge in [0, 0.05) is 65.4 Å². The van der Waals surface area contributed by atoms with Crippen molar-refractivity contribution in [2.45, 2.75) is 32.6 Å². The molecule has 3 aliphatic rings. The molecule has 4 rings (SSSR count). The molecule has 1 atom stereocenters. The number of nitrogens with zero attached hydrogens (tertiary/aromatic N) is 5. The zero-order chi connectivity index (χ0) is 22.2. The number of hydrogen-bond acceptors (Lipinski definition) is 4. The molecule has 1 unspecified atom stereocenters. The maximum atomic E-state index is 14.0. The molecule has 1 aromatic rings. The molecule has 3 fully saturated rings. The normalized spacial score (nSPS) is 22.6. The van der Waals surface area contributed by atoms with E-state index in [4.69, 9.17) is 4.99 Å².